The van der Waals surface area contributed by atoms with Crippen LogP contribution in [0.4, 0.5) is 0 Å². The largest absolute Gasteiger partial charge is 0.260 e. The van der Waals surface area contributed by atoms with E-state index in [1.54, 1.807) is 11.3 Å². The molecule has 0 saturated heterocycles. The first-order valence-electron chi connectivity index (χ1n) is 6.30. The quantitative estimate of drug-likeness (QED) is 0.787. The second kappa shape index (κ2) is 4.81. The summed E-state index contributed by atoms with van der Waals surface area (Å²) in [7, 11) is 0. The molecule has 0 radical (unpaired) electrons. The van der Waals surface area contributed by atoms with Crippen LogP contribution in [0.3, 0.4) is 0 Å². The van der Waals surface area contributed by atoms with Crippen molar-refractivity contribution >= 4 is 11.3 Å². The number of aromatic nitrogens is 2. The third-order valence-corrected chi connectivity index (χ3v) is 4.09. The molecule has 0 saturated carbocycles. The molecule has 2 aromatic heterocycles. The Bertz CT molecular complexity index is 518. The van der Waals surface area contributed by atoms with Crippen molar-refractivity contribution in [2.45, 2.75) is 46.0 Å². The van der Waals surface area contributed by atoms with E-state index in [-0.39, 0.29) is 5.41 Å². The summed E-state index contributed by atoms with van der Waals surface area (Å²) in [6.07, 6.45) is 1.93. The zero-order valence-corrected chi connectivity index (χ0v) is 12.5. The Kier molecular flexibility index (Phi) is 3.53. The molecular weight excluding hydrogens is 240 g/mol. The summed E-state index contributed by atoms with van der Waals surface area (Å²) in [6.45, 7) is 10.9. The molecule has 0 unspecified atom stereocenters. The highest BCUT2D eigenvalue weighted by Gasteiger charge is 2.18. The van der Waals surface area contributed by atoms with Crippen molar-refractivity contribution in [1.29, 1.82) is 0 Å². The van der Waals surface area contributed by atoms with Crippen LogP contribution in [-0.4, -0.2) is 9.97 Å². The maximum Gasteiger partial charge on any atom is 0.0986 e. The highest BCUT2D eigenvalue weighted by Crippen LogP contribution is 2.29. The summed E-state index contributed by atoms with van der Waals surface area (Å²) in [4.78, 5) is 9.20. The van der Waals surface area contributed by atoms with Crippen molar-refractivity contribution in [2.75, 3.05) is 0 Å². The minimum Gasteiger partial charge on any atom is -0.260 e. The maximum atomic E-state index is 4.70. The first-order chi connectivity index (χ1) is 8.38. The number of pyridine rings is 1. The molecule has 0 fully saturated rings. The van der Waals surface area contributed by atoms with Gasteiger partial charge in [0.1, 0.15) is 0 Å². The number of hydrogen-bond acceptors (Lipinski definition) is 3. The molecule has 0 amide bonds. The van der Waals surface area contributed by atoms with Crippen LogP contribution in [0.5, 0.6) is 0 Å². The molecule has 0 aliphatic rings. The van der Waals surface area contributed by atoms with Crippen molar-refractivity contribution in [2.24, 2.45) is 0 Å². The van der Waals surface area contributed by atoms with Gasteiger partial charge in [0.25, 0.3) is 0 Å². The van der Waals surface area contributed by atoms with E-state index in [0.29, 0.717) is 5.92 Å². The lowest BCUT2D eigenvalue weighted by molar-refractivity contribution is 0.586. The molecule has 2 rings (SSSR count). The monoisotopic (exact) mass is 260 g/mol. The first-order valence-corrected chi connectivity index (χ1v) is 7.18. The summed E-state index contributed by atoms with van der Waals surface area (Å²) in [6, 6.07) is 4.21. The van der Waals surface area contributed by atoms with Gasteiger partial charge >= 0.3 is 0 Å². The van der Waals surface area contributed by atoms with Gasteiger partial charge in [0.15, 0.2) is 0 Å². The van der Waals surface area contributed by atoms with Crippen LogP contribution < -0.4 is 0 Å². The van der Waals surface area contributed by atoms with Gasteiger partial charge in [0.05, 0.1) is 10.7 Å². The third kappa shape index (κ3) is 2.78. The van der Waals surface area contributed by atoms with Crippen molar-refractivity contribution in [3.8, 4) is 11.3 Å². The maximum absolute atomic E-state index is 4.70. The Hall–Kier alpha value is -1.22. The van der Waals surface area contributed by atoms with Gasteiger partial charge in [-0.1, -0.05) is 34.6 Å². The first kappa shape index (κ1) is 13.2. The molecule has 0 aromatic carbocycles. The van der Waals surface area contributed by atoms with E-state index in [1.165, 1.54) is 5.01 Å². The second-order valence-electron chi connectivity index (χ2n) is 5.91. The van der Waals surface area contributed by atoms with E-state index in [1.807, 2.05) is 6.20 Å². The Balaban J connectivity index is 2.29. The van der Waals surface area contributed by atoms with Gasteiger partial charge in [-0.2, -0.15) is 0 Å². The molecule has 0 spiro atoms. The molecule has 3 heteroatoms. The van der Waals surface area contributed by atoms with Gasteiger partial charge < -0.3 is 0 Å². The molecule has 0 bridgehead atoms. The lowest BCUT2D eigenvalue weighted by atomic mass is 9.98. The number of rotatable bonds is 2. The molecule has 0 aliphatic heterocycles. The Labute approximate surface area is 113 Å². The van der Waals surface area contributed by atoms with Crippen LogP contribution in [0.25, 0.3) is 11.3 Å². The summed E-state index contributed by atoms with van der Waals surface area (Å²) in [5, 5.41) is 3.29. The predicted octanol–water partition coefficient (Wildman–Crippen LogP) is 4.63. The van der Waals surface area contributed by atoms with Gasteiger partial charge in [-0.15, -0.1) is 11.3 Å². The summed E-state index contributed by atoms with van der Waals surface area (Å²) in [5.41, 5.74) is 3.39. The topological polar surface area (TPSA) is 25.8 Å². The molecule has 2 aromatic rings. The standard InChI is InChI=1S/C15H20N2S/c1-10(2)12-7-6-11(8-16-12)13-9-18-14(17-13)15(3,4)5/h6-10H,1-5H3. The van der Waals surface area contributed by atoms with Gasteiger partial charge in [-0.3, -0.25) is 4.98 Å². The lowest BCUT2D eigenvalue weighted by Gasteiger charge is -2.13. The predicted molar refractivity (Wildman–Crippen MR) is 78.1 cm³/mol. The number of nitrogens with zero attached hydrogens (tertiary/aromatic N) is 2. The molecule has 0 atom stereocenters. The zero-order chi connectivity index (χ0) is 13.3. The average molecular weight is 260 g/mol. The van der Waals surface area contributed by atoms with Crippen LogP contribution in [0.1, 0.15) is 51.2 Å². The van der Waals surface area contributed by atoms with Crippen LogP contribution in [0.15, 0.2) is 23.7 Å². The highest BCUT2D eigenvalue weighted by molar-refractivity contribution is 7.10. The molecule has 0 N–H and O–H groups in total. The Morgan fingerprint density at radius 2 is 1.89 bits per heavy atom. The highest BCUT2D eigenvalue weighted by atomic mass is 32.1. The summed E-state index contributed by atoms with van der Waals surface area (Å²) >= 11 is 1.72. The van der Waals surface area contributed by atoms with Crippen LogP contribution in [0, 0.1) is 0 Å². The third-order valence-electron chi connectivity index (χ3n) is 2.82. The fraction of sp³-hybridized carbons (Fsp3) is 0.467. The fourth-order valence-corrected chi connectivity index (χ4v) is 2.57. The van der Waals surface area contributed by atoms with E-state index in [4.69, 9.17) is 4.98 Å². The summed E-state index contributed by atoms with van der Waals surface area (Å²) < 4.78 is 0. The lowest BCUT2D eigenvalue weighted by Crippen LogP contribution is -2.10. The van der Waals surface area contributed by atoms with E-state index in [9.17, 15) is 0 Å². The number of thiazole rings is 1. The molecule has 96 valence electrons. The minimum absolute atomic E-state index is 0.119. The van der Waals surface area contributed by atoms with Gasteiger partial charge in [-0.25, -0.2) is 4.98 Å². The van der Waals surface area contributed by atoms with Crippen LogP contribution in [0.2, 0.25) is 0 Å². The molecular formula is C15H20N2S. The van der Waals surface area contributed by atoms with Crippen molar-refractivity contribution in [3.63, 3.8) is 0 Å². The van der Waals surface area contributed by atoms with Crippen LogP contribution >= 0.6 is 11.3 Å². The van der Waals surface area contributed by atoms with Crippen molar-refractivity contribution < 1.29 is 0 Å². The molecule has 2 heterocycles. The van der Waals surface area contributed by atoms with E-state index >= 15 is 0 Å². The Morgan fingerprint density at radius 1 is 1.17 bits per heavy atom. The molecule has 18 heavy (non-hydrogen) atoms. The molecule has 0 aliphatic carbocycles. The fourth-order valence-electron chi connectivity index (χ4n) is 1.65. The van der Waals surface area contributed by atoms with Gasteiger partial charge in [0.2, 0.25) is 0 Å². The second-order valence-corrected chi connectivity index (χ2v) is 6.77. The average Bonchev–Trinajstić information content (AvgIpc) is 2.78. The smallest absolute Gasteiger partial charge is 0.0986 e. The normalized spacial score (nSPS) is 12.1. The van der Waals surface area contributed by atoms with Crippen molar-refractivity contribution in [1.82, 2.24) is 9.97 Å². The Morgan fingerprint density at radius 3 is 2.33 bits per heavy atom. The summed E-state index contributed by atoms with van der Waals surface area (Å²) in [5.74, 6) is 0.472. The van der Waals surface area contributed by atoms with E-state index < -0.39 is 0 Å². The zero-order valence-electron chi connectivity index (χ0n) is 11.7. The van der Waals surface area contributed by atoms with Crippen LogP contribution in [-0.2, 0) is 5.41 Å². The van der Waals surface area contributed by atoms with E-state index in [0.717, 1.165) is 17.0 Å². The van der Waals surface area contributed by atoms with Crippen molar-refractivity contribution in [3.05, 3.63) is 34.4 Å². The SMILES string of the molecule is CC(C)c1ccc(-c2csc(C(C)(C)C)n2)cn1. The van der Waals surface area contributed by atoms with Gasteiger partial charge in [-0.05, 0) is 18.1 Å². The van der Waals surface area contributed by atoms with E-state index in [2.05, 4.69) is 57.1 Å². The van der Waals surface area contributed by atoms with Gasteiger partial charge in [0, 0.05) is 28.2 Å². The molecule has 2 nitrogen and oxygen atoms in total. The minimum atomic E-state index is 0.119. The number of hydrogen-bond donors (Lipinski definition) is 0.